The van der Waals surface area contributed by atoms with Crippen molar-refractivity contribution in [3.8, 4) is 11.5 Å². The van der Waals surface area contributed by atoms with Gasteiger partial charge in [-0.05, 0) is 25.1 Å². The van der Waals surface area contributed by atoms with E-state index in [1.54, 1.807) is 12.3 Å². The molecular weight excluding hydrogens is 254 g/mol. The number of phenolic OH excluding ortho intramolecular Hbond substituents is 1. The summed E-state index contributed by atoms with van der Waals surface area (Å²) in [6.07, 6.45) is 1.66. The summed E-state index contributed by atoms with van der Waals surface area (Å²) < 4.78 is 10.6. The van der Waals surface area contributed by atoms with Crippen LogP contribution in [-0.4, -0.2) is 18.1 Å². The summed E-state index contributed by atoms with van der Waals surface area (Å²) >= 11 is 0. The van der Waals surface area contributed by atoms with Gasteiger partial charge in [0, 0.05) is 23.4 Å². The summed E-state index contributed by atoms with van der Waals surface area (Å²) in [6.45, 7) is 2.82. The largest absolute Gasteiger partial charge is 0.507 e. The highest BCUT2D eigenvalue weighted by Gasteiger charge is 2.10. The molecule has 0 fully saturated rings. The molecule has 3 rings (SSSR count). The van der Waals surface area contributed by atoms with E-state index in [0.717, 1.165) is 22.6 Å². The van der Waals surface area contributed by atoms with Gasteiger partial charge < -0.3 is 14.6 Å². The smallest absolute Gasteiger partial charge is 0.189 e. The van der Waals surface area contributed by atoms with Crippen LogP contribution in [-0.2, 0) is 11.3 Å². The molecule has 2 aromatic carbocycles. The predicted octanol–water partition coefficient (Wildman–Crippen LogP) is 3.32. The number of hydrogen-bond donors (Lipinski definition) is 1. The maximum atomic E-state index is 9.77. The van der Waals surface area contributed by atoms with Gasteiger partial charge in [-0.25, -0.2) is 0 Å². The molecule has 4 heteroatoms. The van der Waals surface area contributed by atoms with Crippen LogP contribution >= 0.6 is 0 Å². The Morgan fingerprint density at radius 3 is 3.00 bits per heavy atom. The molecule has 1 aliphatic rings. The van der Waals surface area contributed by atoms with Gasteiger partial charge in [-0.2, -0.15) is 0 Å². The molecular formula is C16H15NO3. The Balaban J connectivity index is 1.87. The molecule has 0 spiro atoms. The SMILES string of the molecule is Cc1ccc(O)c(C=Nc2ccc3c(c2)OCOC3)c1. The Bertz CT molecular complexity index is 665. The second kappa shape index (κ2) is 5.35. The van der Waals surface area contributed by atoms with Crippen LogP contribution in [0.25, 0.3) is 0 Å². The third-order valence-corrected chi connectivity index (χ3v) is 3.14. The number of aromatic hydroxyl groups is 1. The van der Waals surface area contributed by atoms with E-state index in [2.05, 4.69) is 4.99 Å². The fourth-order valence-corrected chi connectivity index (χ4v) is 2.06. The molecule has 4 nitrogen and oxygen atoms in total. The number of fused-ring (bicyclic) bond motifs is 1. The highest BCUT2D eigenvalue weighted by atomic mass is 16.7. The van der Waals surface area contributed by atoms with E-state index >= 15 is 0 Å². The van der Waals surface area contributed by atoms with Crippen molar-refractivity contribution in [2.24, 2.45) is 4.99 Å². The van der Waals surface area contributed by atoms with Crippen molar-refractivity contribution in [1.82, 2.24) is 0 Å². The topological polar surface area (TPSA) is 51.1 Å². The lowest BCUT2D eigenvalue weighted by Gasteiger charge is -2.17. The molecule has 0 radical (unpaired) electrons. The van der Waals surface area contributed by atoms with Crippen LogP contribution in [0.15, 0.2) is 41.4 Å². The average molecular weight is 269 g/mol. The molecule has 0 aliphatic carbocycles. The summed E-state index contributed by atoms with van der Waals surface area (Å²) in [5.74, 6) is 1.03. The second-order valence-electron chi connectivity index (χ2n) is 4.72. The van der Waals surface area contributed by atoms with Crippen LogP contribution in [0.4, 0.5) is 5.69 Å². The van der Waals surface area contributed by atoms with Crippen molar-refractivity contribution < 1.29 is 14.6 Å². The van der Waals surface area contributed by atoms with Crippen molar-refractivity contribution in [2.45, 2.75) is 13.5 Å². The van der Waals surface area contributed by atoms with Crippen LogP contribution in [0.5, 0.6) is 11.5 Å². The van der Waals surface area contributed by atoms with E-state index in [-0.39, 0.29) is 12.5 Å². The van der Waals surface area contributed by atoms with Gasteiger partial charge >= 0.3 is 0 Å². The Morgan fingerprint density at radius 2 is 2.10 bits per heavy atom. The number of hydrogen-bond acceptors (Lipinski definition) is 4. The van der Waals surface area contributed by atoms with Crippen LogP contribution in [0, 0.1) is 6.92 Å². The minimum atomic E-state index is 0.224. The number of nitrogens with zero attached hydrogens (tertiary/aromatic N) is 1. The van der Waals surface area contributed by atoms with E-state index in [1.165, 1.54) is 0 Å². The van der Waals surface area contributed by atoms with Crippen molar-refractivity contribution in [3.05, 3.63) is 53.1 Å². The van der Waals surface area contributed by atoms with Gasteiger partial charge in [0.1, 0.15) is 11.5 Å². The zero-order valence-electron chi connectivity index (χ0n) is 11.2. The molecule has 2 aromatic rings. The summed E-state index contributed by atoms with van der Waals surface area (Å²) in [5.41, 5.74) is 3.59. The minimum absolute atomic E-state index is 0.224. The first-order chi connectivity index (χ1) is 9.72. The van der Waals surface area contributed by atoms with Crippen LogP contribution in [0.1, 0.15) is 16.7 Å². The van der Waals surface area contributed by atoms with E-state index in [1.807, 2.05) is 37.3 Å². The summed E-state index contributed by atoms with van der Waals surface area (Å²) in [6, 6.07) is 11.1. The molecule has 0 unspecified atom stereocenters. The quantitative estimate of drug-likeness (QED) is 0.851. The molecule has 102 valence electrons. The number of phenols is 1. The molecule has 0 amide bonds. The highest BCUT2D eigenvalue weighted by Crippen LogP contribution is 2.28. The van der Waals surface area contributed by atoms with Gasteiger partial charge in [0.25, 0.3) is 0 Å². The third-order valence-electron chi connectivity index (χ3n) is 3.14. The molecule has 0 aromatic heterocycles. The van der Waals surface area contributed by atoms with Crippen molar-refractivity contribution in [1.29, 1.82) is 0 Å². The standard InChI is InChI=1S/C16H15NO3/c1-11-2-5-15(18)13(6-11)8-17-14-4-3-12-9-19-10-20-16(12)7-14/h2-8,18H,9-10H2,1H3. The Labute approximate surface area is 117 Å². The Morgan fingerprint density at radius 1 is 1.20 bits per heavy atom. The first kappa shape index (κ1) is 12.7. The average Bonchev–Trinajstić information content (AvgIpc) is 2.48. The number of aliphatic imine (C=N–C) groups is 1. The Hall–Kier alpha value is -2.33. The summed E-state index contributed by atoms with van der Waals surface area (Å²) in [5, 5.41) is 9.77. The second-order valence-corrected chi connectivity index (χ2v) is 4.72. The fraction of sp³-hybridized carbons (Fsp3) is 0.188. The zero-order chi connectivity index (χ0) is 13.9. The van der Waals surface area contributed by atoms with Crippen molar-refractivity contribution >= 4 is 11.9 Å². The first-order valence-corrected chi connectivity index (χ1v) is 6.39. The number of ether oxygens (including phenoxy) is 2. The van der Waals surface area contributed by atoms with Crippen LogP contribution in [0.2, 0.25) is 0 Å². The molecule has 0 saturated carbocycles. The molecule has 1 heterocycles. The van der Waals surface area contributed by atoms with Gasteiger partial charge in [0.15, 0.2) is 6.79 Å². The third kappa shape index (κ3) is 2.65. The molecule has 0 bridgehead atoms. The molecule has 1 N–H and O–H groups in total. The van der Waals surface area contributed by atoms with E-state index < -0.39 is 0 Å². The lowest BCUT2D eigenvalue weighted by molar-refractivity contribution is -0.0163. The molecule has 1 aliphatic heterocycles. The highest BCUT2D eigenvalue weighted by molar-refractivity contribution is 5.85. The van der Waals surface area contributed by atoms with Gasteiger partial charge in [-0.1, -0.05) is 17.7 Å². The van der Waals surface area contributed by atoms with E-state index in [9.17, 15) is 5.11 Å². The monoisotopic (exact) mass is 269 g/mol. The lowest BCUT2D eigenvalue weighted by Crippen LogP contribution is -2.10. The molecule has 0 atom stereocenters. The van der Waals surface area contributed by atoms with Crippen LogP contribution in [0.3, 0.4) is 0 Å². The van der Waals surface area contributed by atoms with Gasteiger partial charge in [0.05, 0.1) is 12.3 Å². The van der Waals surface area contributed by atoms with E-state index in [0.29, 0.717) is 12.2 Å². The minimum Gasteiger partial charge on any atom is -0.507 e. The van der Waals surface area contributed by atoms with Gasteiger partial charge in [-0.15, -0.1) is 0 Å². The van der Waals surface area contributed by atoms with Crippen molar-refractivity contribution in [2.75, 3.05) is 6.79 Å². The summed E-state index contributed by atoms with van der Waals surface area (Å²) in [7, 11) is 0. The summed E-state index contributed by atoms with van der Waals surface area (Å²) in [4.78, 5) is 4.38. The normalized spacial score (nSPS) is 14.1. The predicted molar refractivity (Wildman–Crippen MR) is 76.8 cm³/mol. The fourth-order valence-electron chi connectivity index (χ4n) is 2.06. The van der Waals surface area contributed by atoms with E-state index in [4.69, 9.17) is 9.47 Å². The maximum absolute atomic E-state index is 9.77. The number of aryl methyl sites for hydroxylation is 1. The van der Waals surface area contributed by atoms with Gasteiger partial charge in [-0.3, -0.25) is 4.99 Å². The number of benzene rings is 2. The Kier molecular flexibility index (Phi) is 3.39. The lowest BCUT2D eigenvalue weighted by atomic mass is 10.1. The zero-order valence-corrected chi connectivity index (χ0v) is 11.2. The molecule has 0 saturated heterocycles. The first-order valence-electron chi connectivity index (χ1n) is 6.39. The van der Waals surface area contributed by atoms with Gasteiger partial charge in [0.2, 0.25) is 0 Å². The molecule has 20 heavy (non-hydrogen) atoms. The maximum Gasteiger partial charge on any atom is 0.189 e. The number of rotatable bonds is 2. The van der Waals surface area contributed by atoms with Crippen molar-refractivity contribution in [3.63, 3.8) is 0 Å². The van der Waals surface area contributed by atoms with Crippen LogP contribution < -0.4 is 4.74 Å².